The molecule has 3 rings (SSSR count). The summed E-state index contributed by atoms with van der Waals surface area (Å²) in [4.78, 5) is 30.2. The number of halogens is 1. The second-order valence-corrected chi connectivity index (χ2v) is 9.36. The number of furan rings is 1. The SMILES string of the molecule is CC(=O)N(c1nc(COC(=O)c2ccc(S(N)(=O)=O)o2)cs1)c1c(C)cc(C)cc1Cl. The van der Waals surface area contributed by atoms with Crippen LogP contribution in [0, 0.1) is 13.8 Å². The summed E-state index contributed by atoms with van der Waals surface area (Å²) in [6.07, 6.45) is 0. The number of anilines is 2. The van der Waals surface area contributed by atoms with Crippen molar-refractivity contribution in [3.8, 4) is 0 Å². The van der Waals surface area contributed by atoms with Crippen LogP contribution >= 0.6 is 22.9 Å². The van der Waals surface area contributed by atoms with E-state index < -0.39 is 21.1 Å². The van der Waals surface area contributed by atoms with Crippen LogP contribution in [0.25, 0.3) is 0 Å². The average Bonchev–Trinajstić information content (AvgIpc) is 3.31. The number of carbonyl (C=O) groups excluding carboxylic acids is 2. The minimum atomic E-state index is -4.07. The Bertz CT molecular complexity index is 1240. The molecular weight excluding hydrogens is 466 g/mol. The first-order valence-corrected chi connectivity index (χ1v) is 11.6. The zero-order valence-electron chi connectivity index (χ0n) is 16.7. The molecule has 2 heterocycles. The normalized spacial score (nSPS) is 11.4. The van der Waals surface area contributed by atoms with E-state index in [0.29, 0.717) is 21.5 Å². The fourth-order valence-electron chi connectivity index (χ4n) is 2.84. The lowest BCUT2D eigenvalue weighted by Gasteiger charge is -2.22. The van der Waals surface area contributed by atoms with Crippen molar-refractivity contribution in [3.63, 3.8) is 0 Å². The molecule has 2 N–H and O–H groups in total. The molecule has 0 spiro atoms. The Hall–Kier alpha value is -2.73. The van der Waals surface area contributed by atoms with Crippen LogP contribution in [0.2, 0.25) is 5.02 Å². The monoisotopic (exact) mass is 483 g/mol. The van der Waals surface area contributed by atoms with E-state index >= 15 is 0 Å². The van der Waals surface area contributed by atoms with E-state index in [9.17, 15) is 18.0 Å². The molecule has 0 saturated heterocycles. The molecule has 31 heavy (non-hydrogen) atoms. The van der Waals surface area contributed by atoms with Gasteiger partial charge in [0.05, 0.1) is 16.4 Å². The fraction of sp³-hybridized carbons (Fsp3) is 0.211. The summed E-state index contributed by atoms with van der Waals surface area (Å²) in [5.41, 5.74) is 2.69. The van der Waals surface area contributed by atoms with Crippen LogP contribution in [0.1, 0.15) is 34.3 Å². The maximum atomic E-state index is 12.4. The molecule has 9 nitrogen and oxygen atoms in total. The molecule has 0 aliphatic heterocycles. The third kappa shape index (κ3) is 5.13. The maximum absolute atomic E-state index is 12.4. The third-order valence-corrected chi connectivity index (χ3v) is 6.02. The van der Waals surface area contributed by atoms with Crippen LogP contribution < -0.4 is 10.0 Å². The third-order valence-electron chi connectivity index (χ3n) is 4.08. The van der Waals surface area contributed by atoms with Gasteiger partial charge < -0.3 is 9.15 Å². The van der Waals surface area contributed by atoms with Gasteiger partial charge in [-0.25, -0.2) is 23.3 Å². The minimum absolute atomic E-state index is 0.215. The van der Waals surface area contributed by atoms with Gasteiger partial charge in [0.1, 0.15) is 6.61 Å². The van der Waals surface area contributed by atoms with Crippen LogP contribution in [-0.4, -0.2) is 25.3 Å². The van der Waals surface area contributed by atoms with Crippen molar-refractivity contribution in [2.24, 2.45) is 5.14 Å². The highest BCUT2D eigenvalue weighted by Crippen LogP contribution is 2.37. The highest BCUT2D eigenvalue weighted by atomic mass is 35.5. The van der Waals surface area contributed by atoms with Crippen molar-refractivity contribution in [1.29, 1.82) is 0 Å². The predicted octanol–water partition coefficient (Wildman–Crippen LogP) is 3.70. The standard InChI is InChI=1S/C19H18ClN3O6S2/c1-10-6-11(2)17(14(20)7-10)23(12(3)24)19-22-13(9-30-19)8-28-18(25)15-4-5-16(29-15)31(21,26)27/h4-7,9H,8H2,1-3H3,(H2,21,26,27). The van der Waals surface area contributed by atoms with Gasteiger partial charge >= 0.3 is 5.97 Å². The Balaban J connectivity index is 1.78. The summed E-state index contributed by atoms with van der Waals surface area (Å²) >= 11 is 7.57. The van der Waals surface area contributed by atoms with Gasteiger partial charge in [-0.15, -0.1) is 11.3 Å². The molecular formula is C19H18ClN3O6S2. The van der Waals surface area contributed by atoms with E-state index in [1.807, 2.05) is 19.9 Å². The molecule has 1 aromatic carbocycles. The predicted molar refractivity (Wildman–Crippen MR) is 115 cm³/mol. The molecule has 0 unspecified atom stereocenters. The van der Waals surface area contributed by atoms with E-state index in [4.69, 9.17) is 25.9 Å². The van der Waals surface area contributed by atoms with Gasteiger partial charge in [0.25, 0.3) is 10.0 Å². The largest absolute Gasteiger partial charge is 0.453 e. The first-order chi connectivity index (χ1) is 14.5. The molecule has 12 heteroatoms. The van der Waals surface area contributed by atoms with Crippen molar-refractivity contribution in [2.75, 3.05) is 4.90 Å². The van der Waals surface area contributed by atoms with E-state index in [1.165, 1.54) is 23.2 Å². The molecule has 0 atom stereocenters. The number of aromatic nitrogens is 1. The van der Waals surface area contributed by atoms with Crippen LogP contribution in [0.4, 0.5) is 10.8 Å². The summed E-state index contributed by atoms with van der Waals surface area (Å²) in [5, 5.41) is 6.81. The molecule has 0 fully saturated rings. The first-order valence-electron chi connectivity index (χ1n) is 8.79. The van der Waals surface area contributed by atoms with E-state index in [-0.39, 0.29) is 18.3 Å². The second-order valence-electron chi connectivity index (χ2n) is 6.63. The van der Waals surface area contributed by atoms with Crippen LogP contribution in [0.15, 0.2) is 39.2 Å². The molecule has 0 radical (unpaired) electrons. The van der Waals surface area contributed by atoms with Gasteiger partial charge in [0, 0.05) is 12.3 Å². The number of rotatable bonds is 6. The Morgan fingerprint density at radius 2 is 2.00 bits per heavy atom. The molecule has 164 valence electrons. The molecule has 0 aliphatic carbocycles. The van der Waals surface area contributed by atoms with Crippen molar-refractivity contribution in [1.82, 2.24) is 4.98 Å². The number of primary sulfonamides is 1. The Kier molecular flexibility index (Phi) is 6.51. The van der Waals surface area contributed by atoms with Gasteiger partial charge in [-0.05, 0) is 43.2 Å². The minimum Gasteiger partial charge on any atom is -0.453 e. The summed E-state index contributed by atoms with van der Waals surface area (Å²) in [6.45, 7) is 4.94. The van der Waals surface area contributed by atoms with Gasteiger partial charge in [-0.3, -0.25) is 9.69 Å². The summed E-state index contributed by atoms with van der Waals surface area (Å²) in [7, 11) is -4.07. The van der Waals surface area contributed by atoms with Crippen molar-refractivity contribution in [2.45, 2.75) is 32.5 Å². The number of amides is 1. The van der Waals surface area contributed by atoms with Crippen molar-refractivity contribution >= 4 is 55.7 Å². The number of aryl methyl sites for hydroxylation is 2. The number of hydrogen-bond acceptors (Lipinski definition) is 8. The Morgan fingerprint density at radius 3 is 2.58 bits per heavy atom. The zero-order valence-corrected chi connectivity index (χ0v) is 19.1. The fourth-order valence-corrected chi connectivity index (χ4v) is 4.56. The van der Waals surface area contributed by atoms with Crippen LogP contribution in [0.5, 0.6) is 0 Å². The smallest absolute Gasteiger partial charge is 0.374 e. The number of nitrogens with two attached hydrogens (primary N) is 1. The highest BCUT2D eigenvalue weighted by Gasteiger charge is 2.23. The van der Waals surface area contributed by atoms with Crippen molar-refractivity contribution in [3.05, 3.63) is 57.2 Å². The molecule has 2 aromatic heterocycles. The van der Waals surface area contributed by atoms with Gasteiger partial charge in [0.2, 0.25) is 16.8 Å². The maximum Gasteiger partial charge on any atom is 0.374 e. The molecule has 0 saturated carbocycles. The molecule has 3 aromatic rings. The number of nitrogens with zero attached hydrogens (tertiary/aromatic N) is 2. The van der Waals surface area contributed by atoms with Gasteiger partial charge in [-0.2, -0.15) is 0 Å². The number of hydrogen-bond donors (Lipinski definition) is 1. The van der Waals surface area contributed by atoms with Gasteiger partial charge in [0.15, 0.2) is 5.13 Å². The quantitative estimate of drug-likeness (QED) is 0.528. The number of carbonyl (C=O) groups is 2. The lowest BCUT2D eigenvalue weighted by molar-refractivity contribution is -0.115. The van der Waals surface area contributed by atoms with E-state index in [0.717, 1.165) is 23.3 Å². The lowest BCUT2D eigenvalue weighted by Crippen LogP contribution is -2.24. The van der Waals surface area contributed by atoms with Crippen LogP contribution in [-0.2, 0) is 26.2 Å². The summed E-state index contributed by atoms with van der Waals surface area (Å²) < 4.78 is 32.5. The number of esters is 1. The lowest BCUT2D eigenvalue weighted by atomic mass is 10.1. The van der Waals surface area contributed by atoms with E-state index in [1.54, 1.807) is 11.4 Å². The average molecular weight is 484 g/mol. The molecule has 1 amide bonds. The van der Waals surface area contributed by atoms with Gasteiger partial charge in [-0.1, -0.05) is 17.7 Å². The summed E-state index contributed by atoms with van der Waals surface area (Å²) in [6, 6.07) is 5.88. The molecule has 0 bridgehead atoms. The number of sulfonamides is 1. The van der Waals surface area contributed by atoms with Crippen LogP contribution in [0.3, 0.4) is 0 Å². The zero-order chi connectivity index (χ0) is 22.9. The summed E-state index contributed by atoms with van der Waals surface area (Å²) in [5.74, 6) is -1.48. The number of thiazole rings is 1. The first kappa shape index (κ1) is 22.9. The number of benzene rings is 1. The number of ether oxygens (including phenoxy) is 1. The highest BCUT2D eigenvalue weighted by molar-refractivity contribution is 7.89. The Morgan fingerprint density at radius 1 is 1.29 bits per heavy atom. The second kappa shape index (κ2) is 8.79. The van der Waals surface area contributed by atoms with Crippen molar-refractivity contribution < 1.29 is 27.2 Å². The molecule has 0 aliphatic rings. The Labute approximate surface area is 187 Å². The van der Waals surface area contributed by atoms with E-state index in [2.05, 4.69) is 4.98 Å². The topological polar surface area (TPSA) is 133 Å².